The van der Waals surface area contributed by atoms with Gasteiger partial charge in [-0.1, -0.05) is 362 Å². The van der Waals surface area contributed by atoms with Gasteiger partial charge in [-0.15, -0.1) is 0 Å². The van der Waals surface area contributed by atoms with Gasteiger partial charge in [0, 0.05) is 25.7 Å². The van der Waals surface area contributed by atoms with E-state index in [9.17, 15) is 0 Å². The minimum absolute atomic E-state index is 0.652. The molecule has 0 amide bonds. The zero-order valence-corrected chi connectivity index (χ0v) is 80.8. The van der Waals surface area contributed by atoms with E-state index in [4.69, 9.17) is 18.9 Å². The van der Waals surface area contributed by atoms with Crippen molar-refractivity contribution in [1.82, 2.24) is 18.3 Å². The van der Waals surface area contributed by atoms with Crippen LogP contribution < -0.4 is 37.2 Å². The van der Waals surface area contributed by atoms with Crippen molar-refractivity contribution in [2.24, 2.45) is 28.2 Å². The maximum absolute atomic E-state index is 7.68. The molecule has 0 fully saturated rings. The summed E-state index contributed by atoms with van der Waals surface area (Å²) in [6.07, 6.45) is 103. The molecule has 0 unspecified atom stereocenters. The number of nitrogens with zero attached hydrogens (tertiary/aromatic N) is 8. The predicted octanol–water partition coefficient (Wildman–Crippen LogP) is 28.5. The molecule has 4 aromatic heterocycles. The third-order valence-electron chi connectivity index (χ3n) is 26.5. The Kier molecular flexibility index (Phi) is 50.5. The third kappa shape index (κ3) is 40.1. The molecule has 1 aliphatic carbocycles. The first-order valence-electron chi connectivity index (χ1n) is 52.2. The molecule has 124 heavy (non-hydrogen) atoms. The number of benzene rings is 4. The summed E-state index contributed by atoms with van der Waals surface area (Å²) in [5.74, 6) is 4.11. The quantitative estimate of drug-likeness (QED) is 0.0281. The predicted molar refractivity (Wildman–Crippen MR) is 519 cm³/mol. The zero-order valence-electron chi connectivity index (χ0n) is 80.8. The molecular formula is C112H180N8O4+4. The van der Waals surface area contributed by atoms with Crippen LogP contribution in [0.3, 0.4) is 0 Å². The van der Waals surface area contributed by atoms with Crippen LogP contribution in [-0.2, 0) is 80.1 Å². The topological polar surface area (TPSA) is 72.2 Å². The van der Waals surface area contributed by atoms with E-state index in [1.54, 1.807) is 0 Å². The van der Waals surface area contributed by atoms with Crippen molar-refractivity contribution in [3.05, 3.63) is 190 Å². The van der Waals surface area contributed by atoms with Gasteiger partial charge in [-0.3, -0.25) is 0 Å². The van der Waals surface area contributed by atoms with Gasteiger partial charge in [0.05, 0.1) is 54.6 Å². The molecule has 8 aromatic rings. The SMILES string of the molecule is CCCCCCCCCCCCCCCCOc1c2cc(Cn3cc[n+](C)c3)cc1Cc1cc(Cn3cc[n+](C)c3)cc(c1OCCCCCCCCCCCCCCCC)Cc1cc(Cn3cc[n+](C)c3)cc(c1OCCCCCCCCCCCCCCCC)Cc1cc(Cn3cc[n+](C)c3)cc(c1OCCCCCCCCCCCCCCCC)C2. The van der Waals surface area contributed by atoms with E-state index in [0.29, 0.717) is 52.1 Å². The molecule has 0 saturated heterocycles. The van der Waals surface area contributed by atoms with Gasteiger partial charge in [0.25, 0.3) is 0 Å². The van der Waals surface area contributed by atoms with E-state index in [0.717, 1.165) is 74.9 Å². The fraction of sp³-hybridized carbons (Fsp3) is 0.679. The Morgan fingerprint density at radius 2 is 0.339 bits per heavy atom. The third-order valence-corrected chi connectivity index (χ3v) is 26.5. The Hall–Kier alpha value is -7.08. The first-order chi connectivity index (χ1) is 61.0. The van der Waals surface area contributed by atoms with E-state index < -0.39 is 0 Å². The van der Waals surface area contributed by atoms with Gasteiger partial charge in [-0.25, -0.2) is 36.5 Å². The van der Waals surface area contributed by atoms with Gasteiger partial charge in [0.1, 0.15) is 98.8 Å². The maximum atomic E-state index is 7.68. The Morgan fingerprint density at radius 3 is 0.468 bits per heavy atom. The number of imidazole rings is 4. The second-order valence-corrected chi connectivity index (χ2v) is 38.5. The van der Waals surface area contributed by atoms with Crippen molar-refractivity contribution >= 4 is 0 Å². The first-order valence-corrected chi connectivity index (χ1v) is 52.2. The second kappa shape index (κ2) is 62.2. The lowest BCUT2D eigenvalue weighted by atomic mass is 9.88. The monoisotopic (exact) mass is 1700 g/mol. The minimum Gasteiger partial charge on any atom is -0.493 e. The molecule has 0 N–H and O–H groups in total. The number of rotatable bonds is 72. The van der Waals surface area contributed by atoms with E-state index in [2.05, 4.69) is 216 Å². The molecule has 0 radical (unpaired) electrons. The van der Waals surface area contributed by atoms with Gasteiger partial charge in [0.15, 0.2) is 0 Å². The molecule has 1 aliphatic rings. The number of aryl methyl sites for hydroxylation is 4. The van der Waals surface area contributed by atoms with Crippen LogP contribution in [0, 0.1) is 0 Å². The van der Waals surface area contributed by atoms with E-state index in [1.807, 2.05) is 0 Å². The van der Waals surface area contributed by atoms with Crippen LogP contribution in [0.1, 0.15) is 454 Å². The molecule has 12 heteroatoms. The number of fused-ring (bicyclic) bond motifs is 8. The largest absolute Gasteiger partial charge is 0.493 e. The first kappa shape index (κ1) is 101. The summed E-state index contributed by atoms with van der Waals surface area (Å²) in [6.45, 7) is 14.9. The van der Waals surface area contributed by atoms with Crippen molar-refractivity contribution in [3.8, 4) is 23.0 Å². The Balaban J connectivity index is 1.13. The number of unbranched alkanes of at least 4 members (excludes halogenated alkanes) is 52. The van der Waals surface area contributed by atoms with E-state index >= 15 is 0 Å². The highest BCUT2D eigenvalue weighted by Gasteiger charge is 2.27. The Morgan fingerprint density at radius 1 is 0.202 bits per heavy atom. The number of hydrogen-bond donors (Lipinski definition) is 0. The maximum Gasteiger partial charge on any atom is 0.243 e. The normalized spacial score (nSPS) is 12.2. The second-order valence-electron chi connectivity index (χ2n) is 38.5. The lowest BCUT2D eigenvalue weighted by Crippen LogP contribution is -2.23. The standard InChI is InChI=1S/C112H180N8O4/c1-9-13-17-21-25-29-33-37-41-45-49-53-57-61-73-121-109-101-77-97(89-117-69-65-113(5)93-117)78-102(109)86-104-80-99(91-119-71-67-115(7)95-119)82-106(111(104)123-75-63-59-55-51-47-43-39-35-31-27-23-19-15-11-3)88-108-84-100(92-120-72-68-116(8)96-120)83-107(112(108)124-76-64-60-56-52-48-44-40-36-32-28-24-20-16-12-4)87-105-81-98(90-118-70-66-114(6)94-118)79-103(85-101)110(105)122-74-62-58-54-50-46-42-38-34-30-26-22-18-14-10-2/h65-72,77-84,93-96H,9-64,73-76,85-92H2,1-8H3/q+4. The molecule has 688 valence electrons. The van der Waals surface area contributed by atoms with Crippen LogP contribution in [0.4, 0.5) is 0 Å². The average molecular weight is 1700 g/mol. The average Bonchev–Trinajstić information content (AvgIpc) is 0.854. The van der Waals surface area contributed by atoms with Gasteiger partial charge >= 0.3 is 0 Å². The fourth-order valence-electron chi connectivity index (χ4n) is 19.4. The van der Waals surface area contributed by atoms with Gasteiger partial charge in [-0.05, 0) is 141 Å². The van der Waals surface area contributed by atoms with Crippen molar-refractivity contribution in [3.63, 3.8) is 0 Å². The van der Waals surface area contributed by atoms with Crippen LogP contribution in [0.5, 0.6) is 23.0 Å². The van der Waals surface area contributed by atoms with E-state index in [-0.39, 0.29) is 0 Å². The van der Waals surface area contributed by atoms with Gasteiger partial charge < -0.3 is 18.9 Å². The molecule has 12 nitrogen and oxygen atoms in total. The molecule has 4 heterocycles. The summed E-state index contributed by atoms with van der Waals surface area (Å²) in [5, 5.41) is 0. The highest BCUT2D eigenvalue weighted by atomic mass is 16.5. The molecular weight excluding hydrogens is 1520 g/mol. The summed E-state index contributed by atoms with van der Waals surface area (Å²) >= 11 is 0. The summed E-state index contributed by atoms with van der Waals surface area (Å²) in [5.41, 5.74) is 14.9. The highest BCUT2D eigenvalue weighted by molar-refractivity contribution is 5.59. The smallest absolute Gasteiger partial charge is 0.243 e. The molecule has 9 rings (SSSR count). The minimum atomic E-state index is 0.652. The Labute approximate surface area is 757 Å². The van der Waals surface area contributed by atoms with Crippen molar-refractivity contribution < 1.29 is 37.2 Å². The molecule has 4 aromatic carbocycles. The summed E-state index contributed by atoms with van der Waals surface area (Å²) < 4.78 is 48.8. The fourth-order valence-corrected chi connectivity index (χ4v) is 19.4. The lowest BCUT2D eigenvalue weighted by Gasteiger charge is -2.25. The van der Waals surface area contributed by atoms with Crippen LogP contribution >= 0.6 is 0 Å². The Bertz CT molecular complexity index is 3480. The van der Waals surface area contributed by atoms with Crippen LogP contribution in [0.15, 0.2) is 123 Å². The number of hydrogen-bond acceptors (Lipinski definition) is 4. The van der Waals surface area contributed by atoms with E-state index in [1.165, 1.54) is 401 Å². The number of aromatic nitrogens is 8. The molecule has 0 atom stereocenters. The summed E-state index contributed by atoms with van der Waals surface area (Å²) in [4.78, 5) is 0. The molecule has 0 saturated carbocycles. The highest BCUT2D eigenvalue weighted by Crippen LogP contribution is 2.42. The van der Waals surface area contributed by atoms with Crippen LogP contribution in [0.25, 0.3) is 0 Å². The molecule has 8 bridgehead atoms. The van der Waals surface area contributed by atoms with Crippen LogP contribution in [0.2, 0.25) is 0 Å². The summed E-state index contributed by atoms with van der Waals surface area (Å²) in [7, 11) is 8.57. The molecule has 0 spiro atoms. The molecule has 0 aliphatic heterocycles. The van der Waals surface area contributed by atoms with Crippen molar-refractivity contribution in [2.45, 2.75) is 439 Å². The van der Waals surface area contributed by atoms with Gasteiger partial charge in [0.2, 0.25) is 25.3 Å². The van der Waals surface area contributed by atoms with Crippen molar-refractivity contribution in [2.75, 3.05) is 26.4 Å². The summed E-state index contributed by atoms with van der Waals surface area (Å²) in [6, 6.07) is 20.1. The lowest BCUT2D eigenvalue weighted by molar-refractivity contribution is -0.671. The van der Waals surface area contributed by atoms with Crippen molar-refractivity contribution in [1.29, 1.82) is 0 Å². The zero-order chi connectivity index (χ0) is 86.9. The number of ether oxygens (including phenoxy) is 4. The van der Waals surface area contributed by atoms with Gasteiger partial charge in [-0.2, -0.15) is 0 Å². The van der Waals surface area contributed by atoms with Crippen LogP contribution in [-0.4, -0.2) is 44.7 Å².